The average molecular weight is 376 g/mol. The highest BCUT2D eigenvalue weighted by Gasteiger charge is 2.30. The van der Waals surface area contributed by atoms with E-state index in [4.69, 9.17) is 0 Å². The van der Waals surface area contributed by atoms with Gasteiger partial charge in [-0.3, -0.25) is 4.79 Å². The molecule has 1 saturated heterocycles. The smallest absolute Gasteiger partial charge is 0.243 e. The Labute approximate surface area is 152 Å². The summed E-state index contributed by atoms with van der Waals surface area (Å²) in [4.78, 5) is 12.4. The van der Waals surface area contributed by atoms with Crippen LogP contribution in [0.25, 0.3) is 0 Å². The first-order chi connectivity index (χ1) is 12.4. The number of rotatable bonds is 5. The summed E-state index contributed by atoms with van der Waals surface area (Å²) in [6.45, 7) is 0.796. The molecule has 7 heteroatoms. The van der Waals surface area contributed by atoms with Crippen molar-refractivity contribution < 1.29 is 17.6 Å². The van der Waals surface area contributed by atoms with Crippen LogP contribution < -0.4 is 5.32 Å². The molecule has 1 amide bonds. The maximum atomic E-state index is 13.2. The molecule has 0 spiro atoms. The molecule has 5 nitrogen and oxygen atoms in total. The average Bonchev–Trinajstić information content (AvgIpc) is 2.63. The number of sulfonamides is 1. The number of nitrogens with one attached hydrogen (secondary N) is 1. The van der Waals surface area contributed by atoms with E-state index in [9.17, 15) is 17.6 Å². The molecule has 0 bridgehead atoms. The van der Waals surface area contributed by atoms with Crippen molar-refractivity contribution in [3.05, 3.63) is 60.4 Å². The van der Waals surface area contributed by atoms with E-state index in [0.717, 1.165) is 0 Å². The number of amides is 1. The van der Waals surface area contributed by atoms with E-state index in [1.807, 2.05) is 0 Å². The van der Waals surface area contributed by atoms with Gasteiger partial charge in [-0.2, -0.15) is 4.31 Å². The second-order valence-corrected chi connectivity index (χ2v) is 8.36. The predicted molar refractivity (Wildman–Crippen MR) is 97.6 cm³/mol. The molecule has 0 aromatic heterocycles. The van der Waals surface area contributed by atoms with Crippen molar-refractivity contribution in [2.75, 3.05) is 18.4 Å². The summed E-state index contributed by atoms with van der Waals surface area (Å²) in [6, 6.07) is 14.1. The third-order valence-corrected chi connectivity index (χ3v) is 6.45. The topological polar surface area (TPSA) is 66.5 Å². The van der Waals surface area contributed by atoms with E-state index in [1.54, 1.807) is 36.4 Å². The fraction of sp³-hybridized carbons (Fsp3) is 0.316. The van der Waals surface area contributed by atoms with E-state index in [2.05, 4.69) is 5.32 Å². The SMILES string of the molecule is O=C(CC1CCN(S(=O)(=O)c2ccccc2)CC1)Nc1cccc(F)c1. The third kappa shape index (κ3) is 4.47. The summed E-state index contributed by atoms with van der Waals surface area (Å²) in [5.41, 5.74) is 0.430. The largest absolute Gasteiger partial charge is 0.326 e. The predicted octanol–water partition coefficient (Wildman–Crippen LogP) is 3.26. The van der Waals surface area contributed by atoms with Crippen molar-refractivity contribution in [3.8, 4) is 0 Å². The second kappa shape index (κ2) is 7.97. The molecule has 1 aliphatic heterocycles. The standard InChI is InChI=1S/C19H21FN2O3S/c20-16-5-4-6-17(14-16)21-19(23)13-15-9-11-22(12-10-15)26(24,25)18-7-2-1-3-8-18/h1-8,14-15H,9-13H2,(H,21,23). The molecule has 0 unspecified atom stereocenters. The van der Waals surface area contributed by atoms with Gasteiger partial charge in [-0.1, -0.05) is 24.3 Å². The molecule has 26 heavy (non-hydrogen) atoms. The zero-order valence-electron chi connectivity index (χ0n) is 14.3. The quantitative estimate of drug-likeness (QED) is 0.871. The number of benzene rings is 2. The fourth-order valence-corrected chi connectivity index (χ4v) is 4.63. The van der Waals surface area contributed by atoms with Crippen LogP contribution in [-0.2, 0) is 14.8 Å². The number of anilines is 1. The molecule has 138 valence electrons. The minimum absolute atomic E-state index is 0.116. The number of hydrogen-bond acceptors (Lipinski definition) is 3. The van der Waals surface area contributed by atoms with Gasteiger partial charge in [0, 0.05) is 25.2 Å². The Hall–Kier alpha value is -2.25. The van der Waals surface area contributed by atoms with Crippen LogP contribution in [0, 0.1) is 11.7 Å². The van der Waals surface area contributed by atoms with Gasteiger partial charge in [0.2, 0.25) is 15.9 Å². The molecular formula is C19H21FN2O3S. The van der Waals surface area contributed by atoms with Gasteiger partial charge in [-0.25, -0.2) is 12.8 Å². The van der Waals surface area contributed by atoms with Crippen molar-refractivity contribution in [3.63, 3.8) is 0 Å². The van der Waals surface area contributed by atoms with Gasteiger partial charge in [0.05, 0.1) is 4.90 Å². The fourth-order valence-electron chi connectivity index (χ4n) is 3.14. The molecular weight excluding hydrogens is 355 g/mol. The van der Waals surface area contributed by atoms with Crippen molar-refractivity contribution in [2.24, 2.45) is 5.92 Å². The summed E-state index contributed by atoms with van der Waals surface area (Å²) in [5, 5.41) is 2.69. The number of nitrogens with zero attached hydrogens (tertiary/aromatic N) is 1. The number of halogens is 1. The normalized spacial score (nSPS) is 16.3. The minimum Gasteiger partial charge on any atom is -0.326 e. The van der Waals surface area contributed by atoms with Crippen LogP contribution in [0.2, 0.25) is 0 Å². The highest BCUT2D eigenvalue weighted by atomic mass is 32.2. The number of carbonyl (C=O) groups is 1. The van der Waals surface area contributed by atoms with Crippen LogP contribution in [0.4, 0.5) is 10.1 Å². The number of carbonyl (C=O) groups excluding carboxylic acids is 1. The molecule has 0 saturated carbocycles. The van der Waals surface area contributed by atoms with Crippen LogP contribution in [0.15, 0.2) is 59.5 Å². The van der Waals surface area contributed by atoms with E-state index in [-0.39, 0.29) is 11.8 Å². The van der Waals surface area contributed by atoms with Crippen LogP contribution in [-0.4, -0.2) is 31.7 Å². The Bertz CT molecular complexity index is 863. The number of hydrogen-bond donors (Lipinski definition) is 1. The lowest BCUT2D eigenvalue weighted by Gasteiger charge is -2.31. The van der Waals surface area contributed by atoms with Crippen molar-refractivity contribution in [2.45, 2.75) is 24.2 Å². The van der Waals surface area contributed by atoms with Gasteiger partial charge in [-0.05, 0) is 49.1 Å². The van der Waals surface area contributed by atoms with E-state index < -0.39 is 15.8 Å². The Morgan fingerprint density at radius 3 is 2.42 bits per heavy atom. The Morgan fingerprint density at radius 1 is 1.08 bits per heavy atom. The molecule has 1 fully saturated rings. The van der Waals surface area contributed by atoms with E-state index in [1.165, 1.54) is 22.5 Å². The Morgan fingerprint density at radius 2 is 1.77 bits per heavy atom. The molecule has 3 rings (SSSR count). The van der Waals surface area contributed by atoms with Crippen LogP contribution in [0.5, 0.6) is 0 Å². The van der Waals surface area contributed by atoms with Crippen molar-refractivity contribution in [1.82, 2.24) is 4.31 Å². The van der Waals surface area contributed by atoms with E-state index in [0.29, 0.717) is 42.9 Å². The zero-order chi connectivity index (χ0) is 18.6. The molecule has 0 radical (unpaired) electrons. The molecule has 0 atom stereocenters. The molecule has 1 N–H and O–H groups in total. The third-order valence-electron chi connectivity index (χ3n) is 4.54. The lowest BCUT2D eigenvalue weighted by Crippen LogP contribution is -2.39. The summed E-state index contributed by atoms with van der Waals surface area (Å²) in [5.74, 6) is -0.465. The lowest BCUT2D eigenvalue weighted by molar-refractivity contribution is -0.117. The maximum absolute atomic E-state index is 13.2. The first-order valence-corrected chi connectivity index (χ1v) is 10.00. The summed E-state index contributed by atoms with van der Waals surface area (Å²) in [7, 11) is -3.48. The zero-order valence-corrected chi connectivity index (χ0v) is 15.1. The maximum Gasteiger partial charge on any atom is 0.243 e. The van der Waals surface area contributed by atoms with Crippen LogP contribution in [0.1, 0.15) is 19.3 Å². The van der Waals surface area contributed by atoms with Gasteiger partial charge >= 0.3 is 0 Å². The lowest BCUT2D eigenvalue weighted by atomic mass is 9.94. The van der Waals surface area contributed by atoms with Crippen LogP contribution in [0.3, 0.4) is 0 Å². The van der Waals surface area contributed by atoms with Gasteiger partial charge in [-0.15, -0.1) is 0 Å². The first kappa shape index (κ1) is 18.5. The van der Waals surface area contributed by atoms with Gasteiger partial charge < -0.3 is 5.32 Å². The summed E-state index contributed by atoms with van der Waals surface area (Å²) >= 11 is 0. The summed E-state index contributed by atoms with van der Waals surface area (Å²) in [6.07, 6.45) is 1.56. The Balaban J connectivity index is 1.53. The van der Waals surface area contributed by atoms with Crippen molar-refractivity contribution >= 4 is 21.6 Å². The van der Waals surface area contributed by atoms with Gasteiger partial charge in [0.25, 0.3) is 0 Å². The summed E-state index contributed by atoms with van der Waals surface area (Å²) < 4.78 is 39.8. The molecule has 2 aromatic carbocycles. The van der Waals surface area contributed by atoms with E-state index >= 15 is 0 Å². The Kier molecular flexibility index (Phi) is 5.68. The highest BCUT2D eigenvalue weighted by Crippen LogP contribution is 2.26. The van der Waals surface area contributed by atoms with Gasteiger partial charge in [0.1, 0.15) is 5.82 Å². The highest BCUT2D eigenvalue weighted by molar-refractivity contribution is 7.89. The monoisotopic (exact) mass is 376 g/mol. The molecule has 2 aromatic rings. The van der Waals surface area contributed by atoms with Crippen LogP contribution >= 0.6 is 0 Å². The molecule has 1 aliphatic rings. The molecule has 1 heterocycles. The van der Waals surface area contributed by atoms with Gasteiger partial charge in [0.15, 0.2) is 0 Å². The van der Waals surface area contributed by atoms with Crippen molar-refractivity contribution in [1.29, 1.82) is 0 Å². The molecule has 0 aliphatic carbocycles. The number of piperidine rings is 1. The first-order valence-electron chi connectivity index (χ1n) is 8.56. The minimum atomic E-state index is -3.48. The second-order valence-electron chi connectivity index (χ2n) is 6.42.